The van der Waals surface area contributed by atoms with Gasteiger partial charge in [-0.1, -0.05) is 12.1 Å². The Morgan fingerprint density at radius 3 is 2.57 bits per heavy atom. The lowest BCUT2D eigenvalue weighted by atomic mass is 9.97. The molecule has 3 aliphatic rings. The Bertz CT molecular complexity index is 1390. The first-order valence-electron chi connectivity index (χ1n) is 12.4. The lowest BCUT2D eigenvalue weighted by molar-refractivity contribution is 0.477. The van der Waals surface area contributed by atoms with Crippen molar-refractivity contribution < 1.29 is 5.11 Å². The molecule has 0 spiro atoms. The zero-order valence-corrected chi connectivity index (χ0v) is 19.6. The lowest BCUT2D eigenvalue weighted by Crippen LogP contribution is -2.35. The highest BCUT2D eigenvalue weighted by Crippen LogP contribution is 2.38. The van der Waals surface area contributed by atoms with Crippen molar-refractivity contribution >= 4 is 22.7 Å². The number of rotatable bonds is 3. The van der Waals surface area contributed by atoms with Crippen LogP contribution in [-0.4, -0.2) is 63.0 Å². The Labute approximate surface area is 203 Å². The highest BCUT2D eigenvalue weighted by molar-refractivity contribution is 5.86. The van der Waals surface area contributed by atoms with Crippen LogP contribution in [0.25, 0.3) is 22.3 Å². The van der Waals surface area contributed by atoms with Crippen molar-refractivity contribution in [3.05, 3.63) is 54.0 Å². The van der Waals surface area contributed by atoms with Crippen LogP contribution in [-0.2, 0) is 6.42 Å². The standard InChI is InChI=1S/C26H28N8O/c1-15-24-20-8-22(19-4-2-3-5-23(19)35)31-32-25(20)30-21(24)6-7-34(15)26-28-11-18(12-29-26)33-13-16-9-27-10-17(16)14-33/h2-5,8,11-12,15-17,27,35H,6-7,9-10,13-14H2,1H3,(H,30,32)/t15?,16-,17+. The summed E-state index contributed by atoms with van der Waals surface area (Å²) in [4.78, 5) is 17.7. The highest BCUT2D eigenvalue weighted by Gasteiger charge is 2.36. The van der Waals surface area contributed by atoms with E-state index in [1.165, 1.54) is 11.3 Å². The molecule has 9 nitrogen and oxygen atoms in total. The second kappa shape index (κ2) is 7.91. The van der Waals surface area contributed by atoms with Gasteiger partial charge in [0, 0.05) is 61.4 Å². The largest absolute Gasteiger partial charge is 0.507 e. The third kappa shape index (κ3) is 3.33. The van der Waals surface area contributed by atoms with Gasteiger partial charge in [-0.25, -0.2) is 9.97 Å². The van der Waals surface area contributed by atoms with Gasteiger partial charge in [-0.05, 0) is 37.0 Å². The molecule has 1 aromatic carbocycles. The molecule has 3 N–H and O–H groups in total. The van der Waals surface area contributed by atoms with Crippen molar-refractivity contribution in [2.24, 2.45) is 11.8 Å². The van der Waals surface area contributed by atoms with Gasteiger partial charge in [-0.3, -0.25) is 0 Å². The van der Waals surface area contributed by atoms with Gasteiger partial charge in [0.1, 0.15) is 5.75 Å². The van der Waals surface area contributed by atoms with Gasteiger partial charge in [-0.2, -0.15) is 0 Å². The quantitative estimate of drug-likeness (QED) is 0.422. The molecule has 3 aromatic heterocycles. The van der Waals surface area contributed by atoms with Crippen LogP contribution in [0.4, 0.5) is 11.6 Å². The SMILES string of the molecule is CC1c2c([nH]c3nnc(-c4ccccc4O)cc23)CCN1c1ncc(N2C[C@H]3CNC[C@H]3C2)cn1. The summed E-state index contributed by atoms with van der Waals surface area (Å²) in [5.41, 5.74) is 5.61. The Hall–Kier alpha value is -3.72. The molecule has 2 fully saturated rings. The molecule has 4 aromatic rings. The average Bonchev–Trinajstić information content (AvgIpc) is 3.58. The number of hydrogen-bond acceptors (Lipinski definition) is 8. The Morgan fingerprint density at radius 1 is 1.03 bits per heavy atom. The molecule has 0 amide bonds. The van der Waals surface area contributed by atoms with Crippen LogP contribution in [0.3, 0.4) is 0 Å². The minimum atomic E-state index is 0.0805. The molecule has 7 rings (SSSR count). The Morgan fingerprint density at radius 2 is 1.80 bits per heavy atom. The summed E-state index contributed by atoms with van der Waals surface area (Å²) in [7, 11) is 0. The maximum Gasteiger partial charge on any atom is 0.225 e. The van der Waals surface area contributed by atoms with Gasteiger partial charge >= 0.3 is 0 Å². The molecular weight excluding hydrogens is 440 g/mol. The van der Waals surface area contributed by atoms with E-state index in [1.807, 2.05) is 30.6 Å². The first-order valence-corrected chi connectivity index (χ1v) is 12.4. The zero-order chi connectivity index (χ0) is 23.5. The van der Waals surface area contributed by atoms with Gasteiger partial charge < -0.3 is 25.2 Å². The number of nitrogens with one attached hydrogen (secondary N) is 2. The maximum absolute atomic E-state index is 10.3. The number of benzene rings is 1. The van der Waals surface area contributed by atoms with E-state index in [9.17, 15) is 5.11 Å². The smallest absolute Gasteiger partial charge is 0.225 e. The van der Waals surface area contributed by atoms with Crippen LogP contribution >= 0.6 is 0 Å². The molecule has 3 aliphatic heterocycles. The number of anilines is 2. The minimum Gasteiger partial charge on any atom is -0.507 e. The van der Waals surface area contributed by atoms with Crippen molar-refractivity contribution in [1.29, 1.82) is 0 Å². The van der Waals surface area contributed by atoms with Crippen LogP contribution in [0.2, 0.25) is 0 Å². The van der Waals surface area contributed by atoms with Crippen molar-refractivity contribution in [2.45, 2.75) is 19.4 Å². The normalized spacial score (nSPS) is 23.6. The predicted molar refractivity (Wildman–Crippen MR) is 135 cm³/mol. The number of phenols is 1. The topological polar surface area (TPSA) is 106 Å². The predicted octanol–water partition coefficient (Wildman–Crippen LogP) is 2.90. The average molecular weight is 469 g/mol. The van der Waals surface area contributed by atoms with Crippen molar-refractivity contribution in [1.82, 2.24) is 30.5 Å². The van der Waals surface area contributed by atoms with Gasteiger partial charge in [0.2, 0.25) is 5.95 Å². The Balaban J connectivity index is 1.18. The lowest BCUT2D eigenvalue weighted by Gasteiger charge is -2.34. The number of aromatic nitrogens is 5. The zero-order valence-electron chi connectivity index (χ0n) is 19.6. The maximum atomic E-state index is 10.3. The fraction of sp³-hybridized carbons (Fsp3) is 0.385. The molecule has 0 aliphatic carbocycles. The molecule has 178 valence electrons. The minimum absolute atomic E-state index is 0.0805. The number of aromatic amines is 1. The molecule has 0 saturated carbocycles. The number of para-hydroxylation sites is 1. The van der Waals surface area contributed by atoms with E-state index in [2.05, 4.69) is 37.2 Å². The molecule has 3 atom stereocenters. The first kappa shape index (κ1) is 20.6. The molecule has 2 saturated heterocycles. The summed E-state index contributed by atoms with van der Waals surface area (Å²) >= 11 is 0. The van der Waals surface area contributed by atoms with Crippen LogP contribution in [0.5, 0.6) is 5.75 Å². The second-order valence-corrected chi connectivity index (χ2v) is 9.97. The Kier molecular flexibility index (Phi) is 4.66. The fourth-order valence-electron chi connectivity index (χ4n) is 6.11. The van der Waals surface area contributed by atoms with Gasteiger partial charge in [0.05, 0.1) is 29.8 Å². The van der Waals surface area contributed by atoms with Gasteiger partial charge in [-0.15, -0.1) is 10.2 Å². The number of aromatic hydroxyl groups is 1. The second-order valence-electron chi connectivity index (χ2n) is 9.97. The molecule has 0 bridgehead atoms. The summed E-state index contributed by atoms with van der Waals surface area (Å²) in [6, 6.07) is 9.34. The van der Waals surface area contributed by atoms with E-state index in [-0.39, 0.29) is 11.8 Å². The van der Waals surface area contributed by atoms with Crippen LogP contribution in [0.1, 0.15) is 24.2 Å². The summed E-state index contributed by atoms with van der Waals surface area (Å²) in [6.45, 7) is 7.43. The fourth-order valence-corrected chi connectivity index (χ4v) is 6.11. The van der Waals surface area contributed by atoms with E-state index in [0.717, 1.165) is 73.6 Å². The summed E-state index contributed by atoms with van der Waals surface area (Å²) in [5, 5.41) is 23.6. The molecule has 35 heavy (non-hydrogen) atoms. The summed E-state index contributed by atoms with van der Waals surface area (Å²) < 4.78 is 0. The highest BCUT2D eigenvalue weighted by atomic mass is 16.3. The van der Waals surface area contributed by atoms with Crippen molar-refractivity contribution in [3.63, 3.8) is 0 Å². The van der Waals surface area contributed by atoms with E-state index >= 15 is 0 Å². The van der Waals surface area contributed by atoms with E-state index in [4.69, 9.17) is 9.97 Å². The third-order valence-electron chi connectivity index (χ3n) is 7.98. The van der Waals surface area contributed by atoms with Crippen molar-refractivity contribution in [2.75, 3.05) is 42.5 Å². The number of nitrogens with zero attached hydrogens (tertiary/aromatic N) is 6. The molecule has 6 heterocycles. The number of hydrogen-bond donors (Lipinski definition) is 3. The van der Waals surface area contributed by atoms with Crippen LogP contribution in [0.15, 0.2) is 42.7 Å². The number of fused-ring (bicyclic) bond motifs is 4. The number of H-pyrrole nitrogens is 1. The van der Waals surface area contributed by atoms with E-state index in [0.29, 0.717) is 11.3 Å². The molecule has 1 unspecified atom stereocenters. The summed E-state index contributed by atoms with van der Waals surface area (Å²) in [6.07, 6.45) is 4.82. The monoisotopic (exact) mass is 468 g/mol. The van der Waals surface area contributed by atoms with Crippen LogP contribution in [0, 0.1) is 11.8 Å². The molecule has 0 radical (unpaired) electrons. The van der Waals surface area contributed by atoms with E-state index in [1.54, 1.807) is 12.1 Å². The van der Waals surface area contributed by atoms with Gasteiger partial charge in [0.15, 0.2) is 5.65 Å². The van der Waals surface area contributed by atoms with Gasteiger partial charge in [0.25, 0.3) is 0 Å². The first-order chi connectivity index (χ1) is 17.2. The van der Waals surface area contributed by atoms with Crippen molar-refractivity contribution in [3.8, 4) is 17.0 Å². The van der Waals surface area contributed by atoms with E-state index < -0.39 is 0 Å². The molecule has 9 heteroatoms. The number of phenolic OH excluding ortho intramolecular Hbond substituents is 1. The third-order valence-corrected chi connectivity index (χ3v) is 7.98. The summed E-state index contributed by atoms with van der Waals surface area (Å²) in [5.74, 6) is 2.43. The molecular formula is C26H28N8O. The van der Waals surface area contributed by atoms with Crippen LogP contribution < -0.4 is 15.1 Å².